The molecule has 4 saturated carbocycles. The van der Waals surface area contributed by atoms with E-state index in [0.717, 1.165) is 18.8 Å². The van der Waals surface area contributed by atoms with Crippen LogP contribution in [0.4, 0.5) is 0 Å². The van der Waals surface area contributed by atoms with E-state index in [2.05, 4.69) is 41.5 Å². The lowest BCUT2D eigenvalue weighted by Crippen LogP contribution is -2.38. The Bertz CT molecular complexity index is 615. The number of hydrogen-bond donors (Lipinski definition) is 0. The van der Waals surface area contributed by atoms with Gasteiger partial charge in [-0.25, -0.2) is 0 Å². The van der Waals surface area contributed by atoms with Gasteiger partial charge in [0, 0.05) is 12.8 Å². The highest BCUT2D eigenvalue weighted by Gasteiger charge is 2.71. The number of ether oxygens (including phenoxy) is 3. The third-order valence-electron chi connectivity index (χ3n) is 11.7. The number of fused-ring (bicyclic) bond motifs is 10. The summed E-state index contributed by atoms with van der Waals surface area (Å²) in [5.41, 5.74) is 1.56. The van der Waals surface area contributed by atoms with Gasteiger partial charge in [0.25, 0.3) is 0 Å². The second-order valence-electron chi connectivity index (χ2n) is 12.5. The zero-order valence-corrected chi connectivity index (χ0v) is 18.1. The summed E-state index contributed by atoms with van der Waals surface area (Å²) >= 11 is 0. The summed E-state index contributed by atoms with van der Waals surface area (Å²) in [7, 11) is 0. The fourth-order valence-electron chi connectivity index (χ4n) is 9.29. The normalized spacial score (nSPS) is 61.6. The minimum atomic E-state index is -0.0432. The summed E-state index contributed by atoms with van der Waals surface area (Å²) in [6, 6.07) is 0. The summed E-state index contributed by atoms with van der Waals surface area (Å²) in [6.45, 7) is 14.9. The van der Waals surface area contributed by atoms with Gasteiger partial charge in [-0.1, -0.05) is 41.5 Å². The maximum atomic E-state index is 6.58. The predicted octanol–water partition coefficient (Wildman–Crippen LogP) is 5.38. The van der Waals surface area contributed by atoms with Crippen molar-refractivity contribution in [2.45, 2.75) is 105 Å². The fraction of sp³-hybridized carbons (Fsp3) is 1.00. The molecule has 10 atom stereocenters. The van der Waals surface area contributed by atoms with Crippen LogP contribution in [0.5, 0.6) is 0 Å². The fourth-order valence-corrected chi connectivity index (χ4v) is 9.29. The summed E-state index contributed by atoms with van der Waals surface area (Å²) in [5, 5.41) is 0. The van der Waals surface area contributed by atoms with Crippen molar-refractivity contribution in [3.8, 4) is 0 Å². The van der Waals surface area contributed by atoms with E-state index in [1.165, 1.54) is 25.7 Å². The monoisotopic (exact) mass is 374 g/mol. The maximum Gasteiger partial charge on any atom is 0.161 e. The zero-order valence-electron chi connectivity index (χ0n) is 18.1. The Kier molecular flexibility index (Phi) is 3.25. The molecule has 0 aromatic heterocycles. The molecular formula is C24H38O3. The molecule has 0 aromatic rings. The summed E-state index contributed by atoms with van der Waals surface area (Å²) in [4.78, 5) is 0. The summed E-state index contributed by atoms with van der Waals surface area (Å²) < 4.78 is 19.6. The lowest BCUT2D eigenvalue weighted by Gasteiger charge is -2.39. The van der Waals surface area contributed by atoms with Crippen LogP contribution in [0.2, 0.25) is 0 Å². The Labute approximate surface area is 164 Å². The van der Waals surface area contributed by atoms with Crippen molar-refractivity contribution in [3.63, 3.8) is 0 Å². The molecule has 3 heteroatoms. The van der Waals surface area contributed by atoms with Crippen molar-refractivity contribution in [2.75, 3.05) is 0 Å². The number of hydrogen-bond acceptors (Lipinski definition) is 3. The summed E-state index contributed by atoms with van der Waals surface area (Å²) in [5.74, 6) is 2.88. The third-order valence-corrected chi connectivity index (χ3v) is 11.7. The van der Waals surface area contributed by atoms with Crippen LogP contribution in [-0.2, 0) is 14.2 Å². The molecule has 2 saturated heterocycles. The van der Waals surface area contributed by atoms with Crippen LogP contribution in [-0.4, -0.2) is 24.8 Å². The van der Waals surface area contributed by atoms with Gasteiger partial charge >= 0.3 is 0 Å². The molecule has 6 fully saturated rings. The average molecular weight is 375 g/mol. The summed E-state index contributed by atoms with van der Waals surface area (Å²) in [6.07, 6.45) is 8.26. The molecule has 0 aromatic carbocycles. The molecule has 2 heterocycles. The first-order chi connectivity index (χ1) is 12.6. The van der Waals surface area contributed by atoms with Crippen LogP contribution in [0, 0.1) is 45.3 Å². The molecule has 27 heavy (non-hydrogen) atoms. The molecule has 0 radical (unpaired) electrons. The van der Waals surface area contributed by atoms with Gasteiger partial charge in [-0.2, -0.15) is 0 Å². The zero-order chi connectivity index (χ0) is 19.0. The van der Waals surface area contributed by atoms with E-state index >= 15 is 0 Å². The molecular weight excluding hydrogens is 336 g/mol. The molecule has 0 spiro atoms. The van der Waals surface area contributed by atoms with Gasteiger partial charge in [-0.3, -0.25) is 0 Å². The van der Waals surface area contributed by atoms with Gasteiger partial charge in [0.15, 0.2) is 12.6 Å². The second-order valence-corrected chi connectivity index (χ2v) is 12.5. The van der Waals surface area contributed by atoms with Crippen molar-refractivity contribution < 1.29 is 14.2 Å². The van der Waals surface area contributed by atoms with Gasteiger partial charge in [0.2, 0.25) is 0 Å². The Morgan fingerprint density at radius 1 is 0.704 bits per heavy atom. The van der Waals surface area contributed by atoms with Crippen LogP contribution in [0.25, 0.3) is 0 Å². The second kappa shape index (κ2) is 4.95. The van der Waals surface area contributed by atoms with Gasteiger partial charge in [0.05, 0.1) is 12.2 Å². The van der Waals surface area contributed by atoms with E-state index in [9.17, 15) is 0 Å². The molecule has 6 aliphatic rings. The molecule has 0 amide bonds. The quantitative estimate of drug-likeness (QED) is 0.650. The molecule has 0 N–H and O–H groups in total. The van der Waals surface area contributed by atoms with Crippen LogP contribution in [0.3, 0.4) is 0 Å². The van der Waals surface area contributed by atoms with Crippen LogP contribution >= 0.6 is 0 Å². The lowest BCUT2D eigenvalue weighted by atomic mass is 9.66. The van der Waals surface area contributed by atoms with E-state index in [4.69, 9.17) is 14.2 Å². The first kappa shape index (κ1) is 17.7. The predicted molar refractivity (Wildman–Crippen MR) is 104 cm³/mol. The average Bonchev–Trinajstić information content (AvgIpc) is 3.33. The van der Waals surface area contributed by atoms with Crippen LogP contribution in [0.1, 0.15) is 80.1 Å². The molecule has 152 valence electrons. The highest BCUT2D eigenvalue weighted by molar-refractivity contribution is 5.18. The van der Waals surface area contributed by atoms with Crippen molar-refractivity contribution in [3.05, 3.63) is 0 Å². The highest BCUT2D eigenvalue weighted by Crippen LogP contribution is 2.73. The Morgan fingerprint density at radius 3 is 2.04 bits per heavy atom. The van der Waals surface area contributed by atoms with Gasteiger partial charge in [-0.15, -0.1) is 0 Å². The first-order valence-corrected chi connectivity index (χ1v) is 11.6. The molecule has 3 nitrogen and oxygen atoms in total. The first-order valence-electron chi connectivity index (χ1n) is 11.6. The number of rotatable bonds is 2. The van der Waals surface area contributed by atoms with Crippen molar-refractivity contribution >= 4 is 0 Å². The molecule has 2 aliphatic heterocycles. The Balaban J connectivity index is 1.15. The molecule has 4 aliphatic carbocycles. The Hall–Kier alpha value is -0.120. The van der Waals surface area contributed by atoms with E-state index in [-0.39, 0.29) is 12.6 Å². The van der Waals surface area contributed by atoms with Gasteiger partial charge in [0.1, 0.15) is 0 Å². The van der Waals surface area contributed by atoms with E-state index in [1.54, 1.807) is 0 Å². The van der Waals surface area contributed by atoms with E-state index in [0.29, 0.717) is 51.6 Å². The van der Waals surface area contributed by atoms with Gasteiger partial charge < -0.3 is 14.2 Å². The van der Waals surface area contributed by atoms with Crippen molar-refractivity contribution in [1.82, 2.24) is 0 Å². The smallest absolute Gasteiger partial charge is 0.161 e. The largest absolute Gasteiger partial charge is 0.349 e. The van der Waals surface area contributed by atoms with Gasteiger partial charge in [-0.05, 0) is 71.0 Å². The maximum absolute atomic E-state index is 6.58. The van der Waals surface area contributed by atoms with E-state index < -0.39 is 0 Å². The van der Waals surface area contributed by atoms with E-state index in [1.807, 2.05) is 0 Å². The van der Waals surface area contributed by atoms with Crippen molar-refractivity contribution in [1.29, 1.82) is 0 Å². The van der Waals surface area contributed by atoms with Crippen LogP contribution in [0.15, 0.2) is 0 Å². The SMILES string of the molecule is CC1(C)C2CCC1(C)[C@@H]1CC(OC3C[C@H]4C5CCC(C)([C@H]4O3)C5(C)C)O[C@H]21. The molecule has 6 rings (SSSR count). The topological polar surface area (TPSA) is 27.7 Å². The molecule has 6 unspecified atom stereocenters. The Morgan fingerprint density at radius 2 is 1.33 bits per heavy atom. The lowest BCUT2D eigenvalue weighted by molar-refractivity contribution is -0.247. The van der Waals surface area contributed by atoms with Crippen LogP contribution < -0.4 is 0 Å². The van der Waals surface area contributed by atoms with Crippen molar-refractivity contribution in [2.24, 2.45) is 45.3 Å². The minimum Gasteiger partial charge on any atom is -0.349 e. The minimum absolute atomic E-state index is 0.0432. The highest BCUT2D eigenvalue weighted by atomic mass is 16.8. The standard InChI is InChI=1S/C24H38O3/c1-21(2)14-7-10-24(21,6)20-13(14)11-17(27-20)25-18-12-16-19(26-18)15-8-9-23(16,5)22(15,3)4/h13-20H,7-12H2,1-6H3/t13-,14?,15?,16+,17?,18?,19+,20-,23?,24?/m0/s1. The molecule has 4 bridgehead atoms. The third kappa shape index (κ3) is 1.83.